The van der Waals surface area contributed by atoms with E-state index >= 15 is 0 Å². The maximum atomic E-state index is 5.79. The molecule has 1 N–H and O–H groups in total. The molecule has 1 fully saturated rings. The first kappa shape index (κ1) is 12.1. The van der Waals surface area contributed by atoms with E-state index in [1.54, 1.807) is 0 Å². The standard InChI is InChI=1S/C13H18BrNO/c1-10(8-15-12-6-7-12)16-9-11-4-2-3-5-13(11)14/h2-5,10,12,15H,6-9H2,1H3. The molecule has 2 nitrogen and oxygen atoms in total. The second kappa shape index (κ2) is 5.80. The fourth-order valence-corrected chi connectivity index (χ4v) is 1.93. The van der Waals surface area contributed by atoms with E-state index in [1.807, 2.05) is 18.2 Å². The normalized spacial score (nSPS) is 17.4. The smallest absolute Gasteiger partial charge is 0.0732 e. The van der Waals surface area contributed by atoms with Crippen molar-refractivity contribution in [3.05, 3.63) is 34.3 Å². The molecular weight excluding hydrogens is 266 g/mol. The van der Waals surface area contributed by atoms with Gasteiger partial charge in [0.1, 0.15) is 0 Å². The highest BCUT2D eigenvalue weighted by atomic mass is 79.9. The Labute approximate surface area is 106 Å². The molecule has 0 heterocycles. The lowest BCUT2D eigenvalue weighted by molar-refractivity contribution is 0.0527. The third kappa shape index (κ3) is 3.89. The summed E-state index contributed by atoms with van der Waals surface area (Å²) in [4.78, 5) is 0. The molecule has 16 heavy (non-hydrogen) atoms. The van der Waals surface area contributed by atoms with E-state index < -0.39 is 0 Å². The van der Waals surface area contributed by atoms with Crippen LogP contribution in [-0.4, -0.2) is 18.7 Å². The molecular formula is C13H18BrNO. The van der Waals surface area contributed by atoms with Crippen molar-refractivity contribution in [1.82, 2.24) is 5.32 Å². The van der Waals surface area contributed by atoms with Crippen molar-refractivity contribution >= 4 is 15.9 Å². The fraction of sp³-hybridized carbons (Fsp3) is 0.538. The Hall–Kier alpha value is -0.380. The fourth-order valence-electron chi connectivity index (χ4n) is 1.53. The lowest BCUT2D eigenvalue weighted by Crippen LogP contribution is -2.28. The monoisotopic (exact) mass is 283 g/mol. The number of benzene rings is 1. The maximum Gasteiger partial charge on any atom is 0.0732 e. The Morgan fingerprint density at radius 2 is 2.19 bits per heavy atom. The van der Waals surface area contributed by atoms with Gasteiger partial charge in [-0.3, -0.25) is 0 Å². The van der Waals surface area contributed by atoms with Crippen LogP contribution in [0.2, 0.25) is 0 Å². The highest BCUT2D eigenvalue weighted by Crippen LogP contribution is 2.19. The second-order valence-electron chi connectivity index (χ2n) is 4.40. The van der Waals surface area contributed by atoms with Crippen LogP contribution >= 0.6 is 15.9 Å². The van der Waals surface area contributed by atoms with E-state index in [0.717, 1.165) is 17.1 Å². The highest BCUT2D eigenvalue weighted by Gasteiger charge is 2.20. The number of hydrogen-bond acceptors (Lipinski definition) is 2. The van der Waals surface area contributed by atoms with E-state index in [1.165, 1.54) is 18.4 Å². The molecule has 0 aliphatic heterocycles. The molecule has 1 aromatic carbocycles. The van der Waals surface area contributed by atoms with Crippen molar-refractivity contribution < 1.29 is 4.74 Å². The number of rotatable bonds is 6. The van der Waals surface area contributed by atoms with Gasteiger partial charge in [-0.25, -0.2) is 0 Å². The molecule has 1 aliphatic carbocycles. The minimum atomic E-state index is 0.271. The Bertz CT molecular complexity index is 338. The van der Waals surface area contributed by atoms with E-state index in [-0.39, 0.29) is 6.10 Å². The van der Waals surface area contributed by atoms with E-state index in [2.05, 4.69) is 34.2 Å². The third-order valence-electron chi connectivity index (χ3n) is 2.75. The average Bonchev–Trinajstić information content (AvgIpc) is 3.09. The number of nitrogens with one attached hydrogen (secondary N) is 1. The van der Waals surface area contributed by atoms with Crippen LogP contribution in [0.15, 0.2) is 28.7 Å². The molecule has 0 saturated heterocycles. The first-order valence-electron chi connectivity index (χ1n) is 5.84. The number of ether oxygens (including phenoxy) is 1. The van der Waals surface area contributed by atoms with Gasteiger partial charge in [-0.15, -0.1) is 0 Å². The molecule has 0 bridgehead atoms. The Balaban J connectivity index is 1.71. The zero-order valence-electron chi connectivity index (χ0n) is 9.58. The van der Waals surface area contributed by atoms with E-state index in [9.17, 15) is 0 Å². The molecule has 1 aromatic rings. The zero-order valence-corrected chi connectivity index (χ0v) is 11.2. The van der Waals surface area contributed by atoms with E-state index in [4.69, 9.17) is 4.74 Å². The van der Waals surface area contributed by atoms with Crippen molar-refractivity contribution in [3.8, 4) is 0 Å². The first-order chi connectivity index (χ1) is 7.75. The summed E-state index contributed by atoms with van der Waals surface area (Å²) in [7, 11) is 0. The van der Waals surface area contributed by atoms with Crippen LogP contribution in [0, 0.1) is 0 Å². The Kier molecular flexibility index (Phi) is 4.38. The highest BCUT2D eigenvalue weighted by molar-refractivity contribution is 9.10. The summed E-state index contributed by atoms with van der Waals surface area (Å²) in [6.07, 6.45) is 2.93. The molecule has 2 rings (SSSR count). The van der Waals surface area contributed by atoms with Crippen LogP contribution < -0.4 is 5.32 Å². The molecule has 1 aliphatic rings. The minimum Gasteiger partial charge on any atom is -0.372 e. The van der Waals surface area contributed by atoms with Crippen molar-refractivity contribution in [3.63, 3.8) is 0 Å². The second-order valence-corrected chi connectivity index (χ2v) is 5.25. The molecule has 0 aromatic heterocycles. The van der Waals surface area contributed by atoms with Gasteiger partial charge in [-0.05, 0) is 31.4 Å². The van der Waals surface area contributed by atoms with E-state index in [0.29, 0.717) is 6.61 Å². The van der Waals surface area contributed by atoms with Gasteiger partial charge in [-0.1, -0.05) is 34.1 Å². The van der Waals surface area contributed by atoms with Crippen LogP contribution in [0.4, 0.5) is 0 Å². The van der Waals surface area contributed by atoms with Gasteiger partial charge in [0.05, 0.1) is 12.7 Å². The van der Waals surface area contributed by atoms with Crippen LogP contribution in [0.1, 0.15) is 25.3 Å². The SMILES string of the molecule is CC(CNC1CC1)OCc1ccccc1Br. The first-order valence-corrected chi connectivity index (χ1v) is 6.63. The molecule has 1 unspecified atom stereocenters. The van der Waals surface area contributed by atoms with Gasteiger partial charge in [0, 0.05) is 17.1 Å². The van der Waals surface area contributed by atoms with Crippen molar-refractivity contribution in [2.75, 3.05) is 6.54 Å². The molecule has 3 heteroatoms. The van der Waals surface area contributed by atoms with Gasteiger partial charge in [0.15, 0.2) is 0 Å². The lowest BCUT2D eigenvalue weighted by Gasteiger charge is -2.14. The largest absolute Gasteiger partial charge is 0.372 e. The molecule has 0 amide bonds. The predicted molar refractivity (Wildman–Crippen MR) is 69.4 cm³/mol. The van der Waals surface area contributed by atoms with Crippen LogP contribution in [0.3, 0.4) is 0 Å². The summed E-state index contributed by atoms with van der Waals surface area (Å²) in [6.45, 7) is 3.75. The Morgan fingerprint density at radius 1 is 1.44 bits per heavy atom. The van der Waals surface area contributed by atoms with Gasteiger partial charge < -0.3 is 10.1 Å². The summed E-state index contributed by atoms with van der Waals surface area (Å²) >= 11 is 3.52. The predicted octanol–water partition coefficient (Wildman–Crippen LogP) is 3.11. The van der Waals surface area contributed by atoms with Crippen LogP contribution in [0.25, 0.3) is 0 Å². The zero-order chi connectivity index (χ0) is 11.4. The van der Waals surface area contributed by atoms with Crippen molar-refractivity contribution in [2.45, 2.75) is 38.5 Å². The van der Waals surface area contributed by atoms with Gasteiger partial charge in [0.25, 0.3) is 0 Å². The van der Waals surface area contributed by atoms with Gasteiger partial charge >= 0.3 is 0 Å². The molecule has 0 spiro atoms. The number of halogens is 1. The third-order valence-corrected chi connectivity index (χ3v) is 3.53. The molecule has 88 valence electrons. The minimum absolute atomic E-state index is 0.271. The molecule has 1 saturated carbocycles. The van der Waals surface area contributed by atoms with Crippen LogP contribution in [-0.2, 0) is 11.3 Å². The summed E-state index contributed by atoms with van der Waals surface area (Å²) in [6, 6.07) is 8.95. The lowest BCUT2D eigenvalue weighted by atomic mass is 10.2. The summed E-state index contributed by atoms with van der Waals surface area (Å²) in [5.74, 6) is 0. The van der Waals surface area contributed by atoms with Crippen molar-refractivity contribution in [1.29, 1.82) is 0 Å². The van der Waals surface area contributed by atoms with Gasteiger partial charge in [-0.2, -0.15) is 0 Å². The van der Waals surface area contributed by atoms with Crippen molar-refractivity contribution in [2.24, 2.45) is 0 Å². The maximum absolute atomic E-state index is 5.79. The number of hydrogen-bond donors (Lipinski definition) is 1. The molecule has 0 radical (unpaired) electrons. The average molecular weight is 284 g/mol. The quantitative estimate of drug-likeness (QED) is 0.866. The summed E-state index contributed by atoms with van der Waals surface area (Å²) in [5, 5.41) is 3.47. The van der Waals surface area contributed by atoms with Crippen LogP contribution in [0.5, 0.6) is 0 Å². The Morgan fingerprint density at radius 3 is 2.88 bits per heavy atom. The molecule has 1 atom stereocenters. The topological polar surface area (TPSA) is 21.3 Å². The summed E-state index contributed by atoms with van der Waals surface area (Å²) < 4.78 is 6.92. The summed E-state index contributed by atoms with van der Waals surface area (Å²) in [5.41, 5.74) is 1.21. The van der Waals surface area contributed by atoms with Gasteiger partial charge in [0.2, 0.25) is 0 Å².